The number of hydrogen-bond acceptors (Lipinski definition) is 5. The van der Waals surface area contributed by atoms with Gasteiger partial charge in [-0.3, -0.25) is 15.0 Å². The molecule has 0 aromatic heterocycles. The summed E-state index contributed by atoms with van der Waals surface area (Å²) in [5.41, 5.74) is 0.153. The Hall–Kier alpha value is -3.00. The molecule has 8 nitrogen and oxygen atoms in total. The molecule has 1 fully saturated rings. The molecule has 2 amide bonds. The highest BCUT2D eigenvalue weighted by Gasteiger charge is 2.50. The number of benzene rings is 2. The maximum absolute atomic E-state index is 12.8. The highest BCUT2D eigenvalue weighted by atomic mass is 35.5. The third-order valence-corrected chi connectivity index (χ3v) is 5.16. The zero-order valence-corrected chi connectivity index (χ0v) is 15.3. The van der Waals surface area contributed by atoms with Crippen LogP contribution in [-0.4, -0.2) is 23.8 Å². The van der Waals surface area contributed by atoms with Crippen LogP contribution in [0.4, 0.5) is 16.2 Å². The number of non-ortho nitro benzene ring substituents is 1. The van der Waals surface area contributed by atoms with E-state index in [1.54, 1.807) is 31.2 Å². The fourth-order valence-electron chi connectivity index (χ4n) is 3.66. The predicted molar refractivity (Wildman–Crippen MR) is 98.5 cm³/mol. The van der Waals surface area contributed by atoms with Gasteiger partial charge in [0.2, 0.25) is 0 Å². The van der Waals surface area contributed by atoms with E-state index < -0.39 is 10.6 Å². The molecule has 2 aromatic rings. The minimum atomic E-state index is -0.964. The Kier molecular flexibility index (Phi) is 3.88. The maximum Gasteiger partial charge on any atom is 0.325 e. The van der Waals surface area contributed by atoms with E-state index in [0.29, 0.717) is 34.2 Å². The first-order valence-corrected chi connectivity index (χ1v) is 8.62. The van der Waals surface area contributed by atoms with Gasteiger partial charge in [-0.1, -0.05) is 11.6 Å². The molecule has 1 saturated heterocycles. The number of rotatable bonds is 3. The average molecular weight is 390 g/mol. The van der Waals surface area contributed by atoms with E-state index in [1.165, 1.54) is 24.1 Å². The number of ether oxygens (including phenoxy) is 2. The van der Waals surface area contributed by atoms with Crippen LogP contribution in [0.15, 0.2) is 36.4 Å². The number of urea groups is 1. The summed E-state index contributed by atoms with van der Waals surface area (Å²) in [5.74, 6) is 1.01. The third kappa shape index (κ3) is 2.73. The summed E-state index contributed by atoms with van der Waals surface area (Å²) < 4.78 is 11.3. The van der Waals surface area contributed by atoms with Crippen molar-refractivity contribution in [2.75, 3.05) is 12.0 Å². The van der Waals surface area contributed by atoms with Gasteiger partial charge >= 0.3 is 6.03 Å². The van der Waals surface area contributed by atoms with Crippen molar-refractivity contribution in [3.05, 3.63) is 57.1 Å². The van der Waals surface area contributed by atoms with Gasteiger partial charge in [0.1, 0.15) is 11.5 Å². The van der Waals surface area contributed by atoms with Crippen LogP contribution in [0.2, 0.25) is 5.02 Å². The van der Waals surface area contributed by atoms with Crippen LogP contribution >= 0.6 is 11.6 Å². The number of anilines is 1. The number of amides is 2. The fourth-order valence-corrected chi connectivity index (χ4v) is 3.91. The molecule has 0 radical (unpaired) electrons. The van der Waals surface area contributed by atoms with Crippen LogP contribution < -0.4 is 19.7 Å². The summed E-state index contributed by atoms with van der Waals surface area (Å²) in [6, 6.07) is 8.70. The van der Waals surface area contributed by atoms with Crippen molar-refractivity contribution in [2.45, 2.75) is 25.1 Å². The number of halogens is 1. The van der Waals surface area contributed by atoms with Gasteiger partial charge in [-0.05, 0) is 31.2 Å². The Morgan fingerprint density at radius 2 is 2.15 bits per heavy atom. The van der Waals surface area contributed by atoms with Crippen LogP contribution in [0.1, 0.15) is 24.9 Å². The number of fused-ring (bicyclic) bond motifs is 4. The number of nitro benzene ring substituents is 1. The van der Waals surface area contributed by atoms with Crippen LogP contribution in [0.25, 0.3) is 0 Å². The minimum Gasteiger partial charge on any atom is -0.495 e. The van der Waals surface area contributed by atoms with Crippen molar-refractivity contribution < 1.29 is 19.2 Å². The second-order valence-corrected chi connectivity index (χ2v) is 7.02. The molecule has 0 saturated carbocycles. The minimum absolute atomic E-state index is 0.0421. The molecule has 0 aliphatic carbocycles. The van der Waals surface area contributed by atoms with E-state index in [4.69, 9.17) is 21.1 Å². The number of nitrogens with one attached hydrogen (secondary N) is 1. The second-order valence-electron chi connectivity index (χ2n) is 6.62. The summed E-state index contributed by atoms with van der Waals surface area (Å²) >= 11 is 6.22. The number of nitro groups is 1. The Labute approximate surface area is 159 Å². The second kappa shape index (κ2) is 6.02. The number of hydrogen-bond donors (Lipinski definition) is 1. The van der Waals surface area contributed by atoms with Crippen molar-refractivity contribution >= 4 is 29.0 Å². The molecule has 2 bridgehead atoms. The Morgan fingerprint density at radius 3 is 2.81 bits per heavy atom. The van der Waals surface area contributed by atoms with E-state index >= 15 is 0 Å². The number of carbonyl (C=O) groups is 1. The zero-order valence-electron chi connectivity index (χ0n) is 14.6. The normalized spacial score (nSPS) is 23.1. The van der Waals surface area contributed by atoms with Crippen molar-refractivity contribution in [3.8, 4) is 11.5 Å². The van der Waals surface area contributed by atoms with Crippen LogP contribution in [-0.2, 0) is 0 Å². The molecule has 9 heteroatoms. The molecule has 140 valence electrons. The van der Waals surface area contributed by atoms with Gasteiger partial charge in [-0.15, -0.1) is 0 Å². The lowest BCUT2D eigenvalue weighted by Gasteiger charge is -2.50. The first-order valence-electron chi connectivity index (χ1n) is 8.24. The highest BCUT2D eigenvalue weighted by molar-refractivity contribution is 6.32. The molecular formula is C18H16ClN3O5. The highest BCUT2D eigenvalue weighted by Crippen LogP contribution is 2.47. The van der Waals surface area contributed by atoms with Crippen molar-refractivity contribution in [1.29, 1.82) is 0 Å². The van der Waals surface area contributed by atoms with E-state index in [9.17, 15) is 14.9 Å². The number of carbonyl (C=O) groups excluding carboxylic acids is 1. The van der Waals surface area contributed by atoms with Gasteiger partial charge in [0, 0.05) is 24.1 Å². The van der Waals surface area contributed by atoms with Gasteiger partial charge in [0.05, 0.1) is 28.8 Å². The van der Waals surface area contributed by atoms with Crippen LogP contribution in [0.5, 0.6) is 11.5 Å². The van der Waals surface area contributed by atoms with Crippen LogP contribution in [0.3, 0.4) is 0 Å². The molecule has 0 spiro atoms. The summed E-state index contributed by atoms with van der Waals surface area (Å²) in [6.07, 6.45) is 0.427. The summed E-state index contributed by atoms with van der Waals surface area (Å²) in [7, 11) is 1.51. The van der Waals surface area contributed by atoms with Crippen LogP contribution in [0, 0.1) is 10.1 Å². The molecule has 2 aromatic carbocycles. The van der Waals surface area contributed by atoms with Gasteiger partial charge in [-0.25, -0.2) is 4.79 Å². The smallest absolute Gasteiger partial charge is 0.325 e. The van der Waals surface area contributed by atoms with Gasteiger partial charge in [0.15, 0.2) is 5.72 Å². The average Bonchev–Trinajstić information content (AvgIpc) is 2.60. The molecule has 2 heterocycles. The van der Waals surface area contributed by atoms with Crippen molar-refractivity contribution in [1.82, 2.24) is 5.32 Å². The van der Waals surface area contributed by atoms with Gasteiger partial charge < -0.3 is 14.8 Å². The first-order chi connectivity index (χ1) is 12.8. The number of nitrogens with zero attached hydrogens (tertiary/aromatic N) is 2. The SMILES string of the molecule is COc1ccc(N2C(=O)NC3CC2(C)Oc2ccc([N+](=O)[O-])cc23)cc1Cl. The van der Waals surface area contributed by atoms with Crippen molar-refractivity contribution in [3.63, 3.8) is 0 Å². The first kappa shape index (κ1) is 17.4. The molecule has 2 atom stereocenters. The monoisotopic (exact) mass is 389 g/mol. The lowest BCUT2D eigenvalue weighted by Crippen LogP contribution is -2.65. The lowest BCUT2D eigenvalue weighted by molar-refractivity contribution is -0.385. The quantitative estimate of drug-likeness (QED) is 0.631. The number of methoxy groups -OCH3 is 1. The molecule has 2 aliphatic heterocycles. The molecule has 2 aliphatic rings. The molecule has 27 heavy (non-hydrogen) atoms. The van der Waals surface area contributed by atoms with E-state index in [1.807, 2.05) is 0 Å². The zero-order chi connectivity index (χ0) is 19.3. The van der Waals surface area contributed by atoms with Gasteiger partial charge in [-0.2, -0.15) is 0 Å². The van der Waals surface area contributed by atoms with E-state index in [2.05, 4.69) is 5.32 Å². The van der Waals surface area contributed by atoms with E-state index in [-0.39, 0.29) is 17.8 Å². The topological polar surface area (TPSA) is 93.9 Å². The Balaban J connectivity index is 1.76. The maximum atomic E-state index is 12.8. The standard InChI is InChI=1S/C18H16ClN3O5/c1-18-9-14(12-7-11(22(24)25)4-5-15(12)27-18)20-17(23)21(18)10-3-6-16(26-2)13(19)8-10/h3-8,14H,9H2,1-2H3,(H,20,23). The lowest BCUT2D eigenvalue weighted by atomic mass is 9.90. The van der Waals surface area contributed by atoms with E-state index in [0.717, 1.165) is 0 Å². The summed E-state index contributed by atoms with van der Waals surface area (Å²) in [5, 5.41) is 14.3. The largest absolute Gasteiger partial charge is 0.495 e. The Bertz CT molecular complexity index is 966. The predicted octanol–water partition coefficient (Wildman–Crippen LogP) is 4.03. The molecule has 4 rings (SSSR count). The molecular weight excluding hydrogens is 374 g/mol. The molecule has 1 N–H and O–H groups in total. The Morgan fingerprint density at radius 1 is 1.37 bits per heavy atom. The summed E-state index contributed by atoms with van der Waals surface area (Å²) in [6.45, 7) is 1.81. The summed E-state index contributed by atoms with van der Waals surface area (Å²) in [4.78, 5) is 24.9. The fraction of sp³-hybridized carbons (Fsp3) is 0.278. The molecule has 2 unspecified atom stereocenters. The van der Waals surface area contributed by atoms with Gasteiger partial charge in [0.25, 0.3) is 5.69 Å². The third-order valence-electron chi connectivity index (χ3n) is 4.86. The van der Waals surface area contributed by atoms with Crippen molar-refractivity contribution in [2.24, 2.45) is 0 Å².